The zero-order valence-electron chi connectivity index (χ0n) is 15.6. The molecule has 134 valence electrons. The predicted octanol–water partition coefficient (Wildman–Crippen LogP) is 4.06. The zero-order chi connectivity index (χ0) is 18.7. The van der Waals surface area contributed by atoms with Crippen LogP contribution < -0.4 is 0 Å². The summed E-state index contributed by atoms with van der Waals surface area (Å²) in [4.78, 5) is 14.0. The van der Waals surface area contributed by atoms with E-state index in [1.54, 1.807) is 18.0 Å². The Hall–Kier alpha value is -3.08. The van der Waals surface area contributed by atoms with E-state index in [0.717, 1.165) is 34.2 Å². The van der Waals surface area contributed by atoms with Gasteiger partial charge in [-0.3, -0.25) is 4.79 Å². The SMILES string of the molecule is Cc1ccc(CN(C)C(=O)/C=C/c2c(C)nn(-c3ccccc3)c2C)o1. The van der Waals surface area contributed by atoms with Crippen molar-refractivity contribution >= 4 is 12.0 Å². The molecule has 0 saturated carbocycles. The average Bonchev–Trinajstić information content (AvgIpc) is 3.16. The van der Waals surface area contributed by atoms with Crippen LogP contribution in [0.2, 0.25) is 0 Å². The molecule has 1 amide bonds. The zero-order valence-corrected chi connectivity index (χ0v) is 15.6. The summed E-state index contributed by atoms with van der Waals surface area (Å²) in [7, 11) is 1.76. The number of carbonyl (C=O) groups is 1. The van der Waals surface area contributed by atoms with Crippen molar-refractivity contribution in [1.82, 2.24) is 14.7 Å². The highest BCUT2D eigenvalue weighted by atomic mass is 16.3. The minimum atomic E-state index is -0.0784. The first-order chi connectivity index (χ1) is 12.5. The number of carbonyl (C=O) groups excluding carboxylic acids is 1. The average molecular weight is 349 g/mol. The quantitative estimate of drug-likeness (QED) is 0.653. The molecular formula is C21H23N3O2. The molecule has 0 aliphatic heterocycles. The summed E-state index contributed by atoms with van der Waals surface area (Å²) in [6.45, 7) is 6.29. The highest BCUT2D eigenvalue weighted by Crippen LogP contribution is 2.19. The minimum Gasteiger partial charge on any atom is -0.464 e. The number of likely N-dealkylation sites (N-methyl/N-ethyl adjacent to an activating group) is 1. The number of amides is 1. The number of aryl methyl sites for hydroxylation is 2. The molecule has 0 saturated heterocycles. The van der Waals surface area contributed by atoms with E-state index in [4.69, 9.17) is 4.42 Å². The first-order valence-electron chi connectivity index (χ1n) is 8.56. The molecule has 0 aliphatic rings. The first-order valence-corrected chi connectivity index (χ1v) is 8.56. The van der Waals surface area contributed by atoms with Crippen LogP contribution in [-0.2, 0) is 11.3 Å². The molecule has 5 heteroatoms. The van der Waals surface area contributed by atoms with Gasteiger partial charge in [-0.05, 0) is 51.1 Å². The number of para-hydroxylation sites is 1. The summed E-state index contributed by atoms with van der Waals surface area (Å²) < 4.78 is 7.42. The van der Waals surface area contributed by atoms with Crippen LogP contribution in [0, 0.1) is 20.8 Å². The molecule has 1 aromatic carbocycles. The number of benzene rings is 1. The molecule has 0 atom stereocenters. The highest BCUT2D eigenvalue weighted by Gasteiger charge is 2.12. The molecule has 26 heavy (non-hydrogen) atoms. The van der Waals surface area contributed by atoms with Crippen LogP contribution in [0.4, 0.5) is 0 Å². The molecular weight excluding hydrogens is 326 g/mol. The van der Waals surface area contributed by atoms with Crippen LogP contribution in [0.15, 0.2) is 53.0 Å². The lowest BCUT2D eigenvalue weighted by Gasteiger charge is -2.13. The predicted molar refractivity (Wildman–Crippen MR) is 102 cm³/mol. The maximum Gasteiger partial charge on any atom is 0.246 e. The fraction of sp³-hybridized carbons (Fsp3) is 0.238. The summed E-state index contributed by atoms with van der Waals surface area (Å²) in [5.74, 6) is 1.54. The molecule has 0 spiro atoms. The van der Waals surface area contributed by atoms with Crippen molar-refractivity contribution in [2.45, 2.75) is 27.3 Å². The second-order valence-electron chi connectivity index (χ2n) is 6.37. The molecule has 2 aromatic heterocycles. The Morgan fingerprint density at radius 2 is 1.88 bits per heavy atom. The van der Waals surface area contributed by atoms with Crippen molar-refractivity contribution in [3.63, 3.8) is 0 Å². The van der Waals surface area contributed by atoms with Gasteiger partial charge < -0.3 is 9.32 Å². The van der Waals surface area contributed by atoms with Gasteiger partial charge in [0.25, 0.3) is 0 Å². The van der Waals surface area contributed by atoms with Crippen LogP contribution in [-0.4, -0.2) is 27.6 Å². The topological polar surface area (TPSA) is 51.3 Å². The largest absolute Gasteiger partial charge is 0.464 e. The molecule has 5 nitrogen and oxygen atoms in total. The summed E-state index contributed by atoms with van der Waals surface area (Å²) in [5.41, 5.74) is 3.86. The molecule has 2 heterocycles. The van der Waals surface area contributed by atoms with E-state index in [2.05, 4.69) is 5.10 Å². The molecule has 0 fully saturated rings. The van der Waals surface area contributed by atoms with Gasteiger partial charge in [-0.1, -0.05) is 18.2 Å². The number of aromatic nitrogens is 2. The van der Waals surface area contributed by atoms with Gasteiger partial charge in [-0.25, -0.2) is 4.68 Å². The summed E-state index contributed by atoms with van der Waals surface area (Å²) in [5, 5.41) is 4.60. The van der Waals surface area contributed by atoms with Crippen LogP contribution in [0.5, 0.6) is 0 Å². The van der Waals surface area contributed by atoms with Crippen molar-refractivity contribution in [3.05, 3.63) is 77.0 Å². The maximum atomic E-state index is 12.4. The van der Waals surface area contributed by atoms with Gasteiger partial charge in [0.1, 0.15) is 11.5 Å². The Labute approximate surface area is 153 Å². The normalized spacial score (nSPS) is 11.2. The first kappa shape index (κ1) is 17.7. The number of hydrogen-bond acceptors (Lipinski definition) is 3. The van der Waals surface area contributed by atoms with Gasteiger partial charge in [-0.2, -0.15) is 5.10 Å². The summed E-state index contributed by atoms with van der Waals surface area (Å²) >= 11 is 0. The van der Waals surface area contributed by atoms with Gasteiger partial charge in [-0.15, -0.1) is 0 Å². The molecule has 0 radical (unpaired) electrons. The third-order valence-corrected chi connectivity index (χ3v) is 4.31. The van der Waals surface area contributed by atoms with Crippen molar-refractivity contribution in [2.24, 2.45) is 0 Å². The second-order valence-corrected chi connectivity index (χ2v) is 6.37. The fourth-order valence-corrected chi connectivity index (χ4v) is 2.88. The summed E-state index contributed by atoms with van der Waals surface area (Å²) in [6, 6.07) is 13.8. The van der Waals surface area contributed by atoms with Gasteiger partial charge in [0, 0.05) is 24.4 Å². The fourth-order valence-electron chi connectivity index (χ4n) is 2.88. The Bertz CT molecular complexity index is 936. The van der Waals surface area contributed by atoms with Gasteiger partial charge in [0.15, 0.2) is 0 Å². The Balaban J connectivity index is 1.75. The number of furan rings is 1. The lowest BCUT2D eigenvalue weighted by atomic mass is 10.2. The van der Waals surface area contributed by atoms with Gasteiger partial charge >= 0.3 is 0 Å². The molecule has 3 aromatic rings. The van der Waals surface area contributed by atoms with Crippen LogP contribution in [0.3, 0.4) is 0 Å². The van der Waals surface area contributed by atoms with Gasteiger partial charge in [0.05, 0.1) is 17.9 Å². The van der Waals surface area contributed by atoms with Crippen LogP contribution in [0.25, 0.3) is 11.8 Å². The van der Waals surface area contributed by atoms with Crippen LogP contribution in [0.1, 0.15) is 28.5 Å². The Morgan fingerprint density at radius 3 is 2.54 bits per heavy atom. The van der Waals surface area contributed by atoms with Crippen molar-refractivity contribution in [3.8, 4) is 5.69 Å². The third kappa shape index (κ3) is 3.77. The smallest absolute Gasteiger partial charge is 0.246 e. The maximum absolute atomic E-state index is 12.4. The van der Waals surface area contributed by atoms with E-state index >= 15 is 0 Å². The van der Waals surface area contributed by atoms with E-state index in [9.17, 15) is 4.79 Å². The molecule has 3 rings (SSSR count). The van der Waals surface area contributed by atoms with Crippen molar-refractivity contribution in [1.29, 1.82) is 0 Å². The number of rotatable bonds is 5. The lowest BCUT2D eigenvalue weighted by Crippen LogP contribution is -2.23. The van der Waals surface area contributed by atoms with Crippen LogP contribution >= 0.6 is 0 Å². The molecule has 0 aliphatic carbocycles. The standard InChI is InChI=1S/C21H23N3O2/c1-15-10-11-19(26-15)14-23(4)21(25)13-12-20-16(2)22-24(17(20)3)18-8-6-5-7-9-18/h5-13H,14H2,1-4H3/b13-12+. The Morgan fingerprint density at radius 1 is 1.15 bits per heavy atom. The second kappa shape index (κ2) is 7.44. The lowest BCUT2D eigenvalue weighted by molar-refractivity contribution is -0.125. The molecule has 0 N–H and O–H groups in total. The number of hydrogen-bond donors (Lipinski definition) is 0. The van der Waals surface area contributed by atoms with Gasteiger partial charge in [0.2, 0.25) is 5.91 Å². The third-order valence-electron chi connectivity index (χ3n) is 4.31. The van der Waals surface area contributed by atoms with Crippen molar-refractivity contribution in [2.75, 3.05) is 7.05 Å². The van der Waals surface area contributed by atoms with Crippen molar-refractivity contribution < 1.29 is 9.21 Å². The van der Waals surface area contributed by atoms with E-state index in [1.165, 1.54) is 0 Å². The van der Waals surface area contributed by atoms with E-state index in [0.29, 0.717) is 6.54 Å². The van der Waals surface area contributed by atoms with E-state index < -0.39 is 0 Å². The molecule has 0 bridgehead atoms. The highest BCUT2D eigenvalue weighted by molar-refractivity contribution is 5.91. The monoisotopic (exact) mass is 349 g/mol. The van der Waals surface area contributed by atoms with E-state index in [-0.39, 0.29) is 5.91 Å². The number of nitrogens with zero attached hydrogens (tertiary/aromatic N) is 3. The minimum absolute atomic E-state index is 0.0784. The Kier molecular flexibility index (Phi) is 5.07. The molecule has 0 unspecified atom stereocenters. The van der Waals surface area contributed by atoms with E-state index in [1.807, 2.05) is 74.0 Å². The summed E-state index contributed by atoms with van der Waals surface area (Å²) in [6.07, 6.45) is 3.42.